The van der Waals surface area contributed by atoms with Crippen LogP contribution in [0.2, 0.25) is 0 Å². The van der Waals surface area contributed by atoms with Gasteiger partial charge in [0, 0.05) is 22.8 Å². The normalized spacial score (nSPS) is 18.0. The Hall–Kier alpha value is -2.01. The first-order valence-electron chi connectivity index (χ1n) is 10.6. The summed E-state index contributed by atoms with van der Waals surface area (Å²) in [6.45, 7) is 9.72. The lowest BCUT2D eigenvalue weighted by atomic mass is 10.0. The van der Waals surface area contributed by atoms with E-state index in [1.54, 1.807) is 32.1 Å². The van der Waals surface area contributed by atoms with E-state index in [1.807, 2.05) is 0 Å². The first-order chi connectivity index (χ1) is 15.1. The highest BCUT2D eigenvalue weighted by Crippen LogP contribution is 2.42. The van der Waals surface area contributed by atoms with Crippen LogP contribution in [0, 0.1) is 6.92 Å². The number of halogens is 1. The van der Waals surface area contributed by atoms with Gasteiger partial charge in [-0.05, 0) is 63.8 Å². The number of nitrogens with one attached hydrogen (secondary N) is 3. The van der Waals surface area contributed by atoms with Gasteiger partial charge < -0.3 is 20.1 Å². The minimum atomic E-state index is -1.61. The molecule has 0 saturated heterocycles. The second-order valence-corrected chi connectivity index (χ2v) is 11.2. The van der Waals surface area contributed by atoms with Gasteiger partial charge in [-0.25, -0.2) is 14.0 Å². The second-order valence-electron chi connectivity index (χ2n) is 8.86. The lowest BCUT2D eigenvalue weighted by Crippen LogP contribution is -2.30. The van der Waals surface area contributed by atoms with Crippen LogP contribution in [-0.2, 0) is 35.4 Å². The van der Waals surface area contributed by atoms with Crippen molar-refractivity contribution >= 4 is 39.7 Å². The van der Waals surface area contributed by atoms with Crippen molar-refractivity contribution in [2.45, 2.75) is 65.6 Å². The summed E-state index contributed by atoms with van der Waals surface area (Å²) in [5.74, 6) is -0.574. The van der Waals surface area contributed by atoms with Crippen molar-refractivity contribution in [3.63, 3.8) is 0 Å². The average molecular weight is 482 g/mol. The number of amides is 2. The predicted octanol–water partition coefficient (Wildman–Crippen LogP) is 4.58. The molecule has 0 spiro atoms. The molecular weight excluding hydrogens is 453 g/mol. The van der Waals surface area contributed by atoms with Crippen LogP contribution in [0.25, 0.3) is 0 Å². The molecule has 10 heteroatoms. The maximum absolute atomic E-state index is 14.4. The molecule has 0 bridgehead atoms. The van der Waals surface area contributed by atoms with Crippen LogP contribution in [0.5, 0.6) is 0 Å². The molecule has 3 N–H and O–H groups in total. The van der Waals surface area contributed by atoms with E-state index in [-0.39, 0.29) is 17.2 Å². The molecule has 1 atom stereocenters. The van der Waals surface area contributed by atoms with Gasteiger partial charge in [0.05, 0.1) is 17.0 Å². The Kier molecular flexibility index (Phi) is 6.58. The number of carbonyl (C=O) groups is 2. The van der Waals surface area contributed by atoms with Gasteiger partial charge in [0.1, 0.15) is 10.6 Å². The van der Waals surface area contributed by atoms with Crippen LogP contribution in [0.1, 0.15) is 68.8 Å². The van der Waals surface area contributed by atoms with Crippen LogP contribution < -0.4 is 16.0 Å². The number of anilines is 1. The fraction of sp³-hybridized carbons (Fsp3) is 0.545. The zero-order valence-electron chi connectivity index (χ0n) is 18.6. The first-order valence-corrected chi connectivity index (χ1v) is 12.3. The number of alkyl halides is 1. The van der Waals surface area contributed by atoms with Crippen LogP contribution in [0.4, 0.5) is 14.2 Å². The number of fused-ring (bicyclic) bond motifs is 2. The molecule has 2 aromatic heterocycles. The molecule has 0 aliphatic carbocycles. The summed E-state index contributed by atoms with van der Waals surface area (Å²) >= 11 is 2.78. The minimum absolute atomic E-state index is 0.170. The van der Waals surface area contributed by atoms with Gasteiger partial charge in [-0.1, -0.05) is 0 Å². The van der Waals surface area contributed by atoms with Gasteiger partial charge in [0.25, 0.3) is 0 Å². The van der Waals surface area contributed by atoms with Crippen LogP contribution in [0.3, 0.4) is 0 Å². The number of esters is 1. The fourth-order valence-corrected chi connectivity index (χ4v) is 6.34. The van der Waals surface area contributed by atoms with Crippen molar-refractivity contribution in [3.8, 4) is 0 Å². The van der Waals surface area contributed by atoms with Crippen LogP contribution in [0.15, 0.2) is 0 Å². The van der Waals surface area contributed by atoms with Crippen LogP contribution in [-0.4, -0.2) is 30.8 Å². The van der Waals surface area contributed by atoms with E-state index in [1.165, 1.54) is 15.3 Å². The lowest BCUT2D eigenvalue weighted by Gasteiger charge is -2.21. The summed E-state index contributed by atoms with van der Waals surface area (Å²) in [5.41, 5.74) is 2.52. The molecule has 2 aliphatic rings. The van der Waals surface area contributed by atoms with Crippen molar-refractivity contribution in [1.29, 1.82) is 0 Å². The summed E-state index contributed by atoms with van der Waals surface area (Å²) in [6.07, 6.45) is -0.285. The lowest BCUT2D eigenvalue weighted by molar-refractivity contribution is -0.0469. The Morgan fingerprint density at radius 2 is 2.03 bits per heavy atom. The smallest absolute Gasteiger partial charge is 0.341 e. The fourth-order valence-electron chi connectivity index (χ4n) is 3.97. The molecule has 7 nitrogen and oxygen atoms in total. The van der Waals surface area contributed by atoms with Gasteiger partial charge in [0.2, 0.25) is 6.36 Å². The molecule has 4 rings (SSSR count). The summed E-state index contributed by atoms with van der Waals surface area (Å²) in [7, 11) is 0. The van der Waals surface area contributed by atoms with E-state index in [9.17, 15) is 14.0 Å². The first kappa shape index (κ1) is 23.2. The molecule has 32 heavy (non-hydrogen) atoms. The van der Waals surface area contributed by atoms with Crippen molar-refractivity contribution in [1.82, 2.24) is 10.6 Å². The molecule has 0 aromatic carbocycles. The molecule has 2 amide bonds. The number of ether oxygens (including phenoxy) is 2. The van der Waals surface area contributed by atoms with E-state index < -0.39 is 24.0 Å². The highest BCUT2D eigenvalue weighted by atomic mass is 32.1. The Bertz CT molecular complexity index is 1040. The van der Waals surface area contributed by atoms with Crippen molar-refractivity contribution < 1.29 is 23.5 Å². The van der Waals surface area contributed by atoms with Crippen LogP contribution >= 0.6 is 22.7 Å². The molecule has 2 aromatic rings. The predicted molar refractivity (Wildman–Crippen MR) is 123 cm³/mol. The number of hydrogen-bond donors (Lipinski definition) is 3. The van der Waals surface area contributed by atoms with E-state index >= 15 is 0 Å². The summed E-state index contributed by atoms with van der Waals surface area (Å²) in [4.78, 5) is 28.5. The largest absolute Gasteiger partial charge is 0.456 e. The van der Waals surface area contributed by atoms with Crippen molar-refractivity contribution in [2.24, 2.45) is 0 Å². The minimum Gasteiger partial charge on any atom is -0.456 e. The molecule has 0 saturated carbocycles. The molecule has 2 aliphatic heterocycles. The summed E-state index contributed by atoms with van der Waals surface area (Å²) in [6, 6.07) is -0.446. The van der Waals surface area contributed by atoms with E-state index in [0.717, 1.165) is 36.4 Å². The van der Waals surface area contributed by atoms with E-state index in [4.69, 9.17) is 9.47 Å². The number of urea groups is 1. The molecule has 4 heterocycles. The maximum atomic E-state index is 14.4. The zero-order valence-corrected chi connectivity index (χ0v) is 20.3. The number of rotatable bonds is 4. The molecule has 0 radical (unpaired) electrons. The topological polar surface area (TPSA) is 88.7 Å². The summed E-state index contributed by atoms with van der Waals surface area (Å²) in [5, 5.41) is 9.30. The number of thiophene rings is 2. The van der Waals surface area contributed by atoms with Gasteiger partial charge in [-0.2, -0.15) is 0 Å². The Balaban J connectivity index is 1.53. The number of hydrogen-bond acceptors (Lipinski definition) is 7. The number of aryl methyl sites for hydroxylation is 1. The Morgan fingerprint density at radius 1 is 1.25 bits per heavy atom. The van der Waals surface area contributed by atoms with Gasteiger partial charge >= 0.3 is 12.0 Å². The zero-order chi connectivity index (χ0) is 23.0. The highest BCUT2D eigenvalue weighted by Gasteiger charge is 2.34. The maximum Gasteiger partial charge on any atom is 0.341 e. The third-order valence-corrected chi connectivity index (χ3v) is 7.71. The monoisotopic (exact) mass is 481 g/mol. The van der Waals surface area contributed by atoms with Crippen molar-refractivity contribution in [3.05, 3.63) is 36.9 Å². The Labute approximate surface area is 194 Å². The number of carbonyl (C=O) groups excluding carboxylic acids is 2. The van der Waals surface area contributed by atoms with Gasteiger partial charge in [0.15, 0.2) is 0 Å². The van der Waals surface area contributed by atoms with E-state index in [2.05, 4.69) is 22.9 Å². The third kappa shape index (κ3) is 4.83. The molecule has 0 fully saturated rings. The summed E-state index contributed by atoms with van der Waals surface area (Å²) < 4.78 is 25.0. The molecule has 1 unspecified atom stereocenters. The SMILES string of the molecule is Cc1sc2c(c1CNC(=O)Nc1sc3c(c1C(=O)OC(C)(C)C)CCOC3F)CCNC2. The highest BCUT2D eigenvalue weighted by molar-refractivity contribution is 7.17. The average Bonchev–Trinajstić information content (AvgIpc) is 3.22. The van der Waals surface area contributed by atoms with Gasteiger partial charge in [-0.3, -0.25) is 5.32 Å². The van der Waals surface area contributed by atoms with E-state index in [0.29, 0.717) is 23.4 Å². The standard InChI is InChI=1S/C22H28FN3O4S2/c1-11-14(12-5-7-24-10-15(12)31-11)9-25-21(28)26-19-16(20(27)30-22(2,3)4)13-6-8-29-18(23)17(13)32-19/h18,24H,5-10H2,1-4H3,(H2,25,26,28). The third-order valence-electron chi connectivity index (χ3n) is 5.36. The second kappa shape index (κ2) is 9.09. The quantitative estimate of drug-likeness (QED) is 0.556. The van der Waals surface area contributed by atoms with Crippen molar-refractivity contribution in [2.75, 3.05) is 18.5 Å². The Morgan fingerprint density at radius 3 is 2.78 bits per heavy atom. The molecular formula is C22H28FN3O4S2. The molecule has 174 valence electrons. The van der Waals surface area contributed by atoms with Gasteiger partial charge in [-0.15, -0.1) is 22.7 Å².